The van der Waals surface area contributed by atoms with Gasteiger partial charge in [-0.1, -0.05) is 79.6 Å². The molecule has 10 unspecified atom stereocenters. The highest BCUT2D eigenvalue weighted by atomic mass is 15.2. The number of fused-ring (bicyclic) bond motifs is 3. The van der Waals surface area contributed by atoms with Crippen molar-refractivity contribution in [1.82, 2.24) is 4.90 Å². The molecule has 1 saturated heterocycles. The number of hydrogen-bond donors (Lipinski definition) is 0. The van der Waals surface area contributed by atoms with Crippen molar-refractivity contribution in [2.24, 2.45) is 52.8 Å². The quantitative estimate of drug-likeness (QED) is 0.359. The van der Waals surface area contributed by atoms with Crippen LogP contribution in [-0.2, 0) is 0 Å². The van der Waals surface area contributed by atoms with E-state index in [1.165, 1.54) is 70.8 Å². The molecule has 196 valence electrons. The molecule has 4 aliphatic carbocycles. The van der Waals surface area contributed by atoms with Crippen LogP contribution >= 0.6 is 0 Å². The third kappa shape index (κ3) is 5.17. The van der Waals surface area contributed by atoms with Crippen LogP contribution in [0.5, 0.6) is 0 Å². The molecule has 4 saturated carbocycles. The predicted molar refractivity (Wildman–Crippen MR) is 147 cm³/mol. The lowest BCUT2D eigenvalue weighted by Crippen LogP contribution is -2.43. The second-order valence-corrected chi connectivity index (χ2v) is 15.0. The number of likely N-dealkylation sites (tertiary alicyclic amines) is 1. The van der Waals surface area contributed by atoms with Crippen molar-refractivity contribution in [2.45, 2.75) is 149 Å². The first-order valence-corrected chi connectivity index (χ1v) is 16.1. The van der Waals surface area contributed by atoms with Gasteiger partial charge in [-0.05, 0) is 111 Å². The summed E-state index contributed by atoms with van der Waals surface area (Å²) >= 11 is 0. The monoisotopic (exact) mass is 469 g/mol. The molecule has 1 aliphatic heterocycles. The van der Waals surface area contributed by atoms with Crippen LogP contribution in [0, 0.1) is 52.8 Å². The van der Waals surface area contributed by atoms with Crippen molar-refractivity contribution in [3.8, 4) is 0 Å². The number of hydrogen-bond acceptors (Lipinski definition) is 1. The largest absolute Gasteiger partial charge is 0.297 e. The van der Waals surface area contributed by atoms with E-state index in [1.807, 2.05) is 0 Å². The molecule has 10 atom stereocenters. The van der Waals surface area contributed by atoms with Crippen LogP contribution in [0.1, 0.15) is 137 Å². The number of nitrogens with zero attached hydrogens (tertiary/aromatic N) is 1. The van der Waals surface area contributed by atoms with Crippen molar-refractivity contribution >= 4 is 0 Å². The predicted octanol–water partition coefficient (Wildman–Crippen LogP) is 9.35. The Morgan fingerprint density at radius 1 is 0.618 bits per heavy atom. The summed E-state index contributed by atoms with van der Waals surface area (Å²) in [5, 5.41) is 0. The van der Waals surface area contributed by atoms with E-state index in [1.54, 1.807) is 38.5 Å². The molecule has 0 aromatic carbocycles. The Bertz CT molecular complexity index is 625. The highest BCUT2D eigenvalue weighted by molar-refractivity contribution is 5.04. The minimum atomic E-state index is 0.501. The lowest BCUT2D eigenvalue weighted by molar-refractivity contribution is 0.103. The lowest BCUT2D eigenvalue weighted by atomic mass is 9.73. The van der Waals surface area contributed by atoms with E-state index in [0.29, 0.717) is 5.41 Å². The summed E-state index contributed by atoms with van der Waals surface area (Å²) in [6.45, 7) is 13.9. The lowest BCUT2D eigenvalue weighted by Gasteiger charge is -2.37. The smallest absolute Gasteiger partial charge is 0.0130 e. The summed E-state index contributed by atoms with van der Waals surface area (Å²) in [6.07, 6.45) is 24.3. The molecule has 0 spiro atoms. The molecule has 0 N–H and O–H groups in total. The van der Waals surface area contributed by atoms with Gasteiger partial charge in [-0.2, -0.15) is 0 Å². The van der Waals surface area contributed by atoms with Gasteiger partial charge in [0.05, 0.1) is 0 Å². The third-order valence-electron chi connectivity index (χ3n) is 12.3. The standard InChI is InChI=1S/C33H59N/c1-6-23-18-26(17-16-24-20-25(7-2)30(21-24)33(3,4)5)27(19-23)22-34-31-14-10-8-12-28(31)29-13-9-11-15-32(29)34/h23-32H,6-22H2,1-5H3. The molecular formula is C33H59N. The van der Waals surface area contributed by atoms with Gasteiger partial charge in [0.1, 0.15) is 0 Å². The first kappa shape index (κ1) is 25.6. The fourth-order valence-electron chi connectivity index (χ4n) is 10.6. The van der Waals surface area contributed by atoms with Crippen molar-refractivity contribution < 1.29 is 0 Å². The first-order valence-electron chi connectivity index (χ1n) is 16.1. The van der Waals surface area contributed by atoms with Crippen LogP contribution in [0.3, 0.4) is 0 Å². The van der Waals surface area contributed by atoms with E-state index in [0.717, 1.165) is 59.4 Å². The van der Waals surface area contributed by atoms with Gasteiger partial charge in [-0.15, -0.1) is 0 Å². The van der Waals surface area contributed by atoms with Crippen molar-refractivity contribution in [3.63, 3.8) is 0 Å². The van der Waals surface area contributed by atoms with Gasteiger partial charge in [0, 0.05) is 18.6 Å². The molecule has 5 rings (SSSR count). The second kappa shape index (κ2) is 10.8. The molecule has 5 fully saturated rings. The summed E-state index contributed by atoms with van der Waals surface area (Å²) in [5.41, 5.74) is 0.501. The average molecular weight is 470 g/mol. The van der Waals surface area contributed by atoms with Crippen LogP contribution in [0.25, 0.3) is 0 Å². The van der Waals surface area contributed by atoms with Crippen LogP contribution in [0.4, 0.5) is 0 Å². The molecule has 5 aliphatic rings. The molecule has 0 radical (unpaired) electrons. The van der Waals surface area contributed by atoms with E-state index < -0.39 is 0 Å². The molecule has 0 aromatic heterocycles. The van der Waals surface area contributed by atoms with E-state index >= 15 is 0 Å². The van der Waals surface area contributed by atoms with Gasteiger partial charge in [-0.3, -0.25) is 4.90 Å². The normalized spacial score (nSPS) is 45.4. The SMILES string of the molecule is CCC1CC(CCC2CC(CC)C(C(C)(C)C)C2)C(CN2C3CCCCC3C3CCCCC32)C1. The van der Waals surface area contributed by atoms with E-state index in [2.05, 4.69) is 39.5 Å². The average Bonchev–Trinajstić information content (AvgIpc) is 3.52. The Hall–Kier alpha value is -0.0400. The third-order valence-corrected chi connectivity index (χ3v) is 12.3. The van der Waals surface area contributed by atoms with Crippen LogP contribution < -0.4 is 0 Å². The Balaban J connectivity index is 1.23. The Morgan fingerprint density at radius 3 is 1.76 bits per heavy atom. The summed E-state index contributed by atoms with van der Waals surface area (Å²) in [6, 6.07) is 1.94. The summed E-state index contributed by atoms with van der Waals surface area (Å²) in [7, 11) is 0. The Kier molecular flexibility index (Phi) is 8.10. The summed E-state index contributed by atoms with van der Waals surface area (Å²) in [4.78, 5) is 3.18. The van der Waals surface area contributed by atoms with Gasteiger partial charge < -0.3 is 0 Å². The van der Waals surface area contributed by atoms with E-state index in [-0.39, 0.29) is 0 Å². The minimum absolute atomic E-state index is 0.501. The Labute approximate surface area is 213 Å². The van der Waals surface area contributed by atoms with Crippen molar-refractivity contribution in [2.75, 3.05) is 6.54 Å². The zero-order chi connectivity index (χ0) is 23.9. The molecule has 0 amide bonds. The first-order chi connectivity index (χ1) is 16.4. The summed E-state index contributed by atoms with van der Waals surface area (Å²) < 4.78 is 0. The van der Waals surface area contributed by atoms with Crippen LogP contribution in [-0.4, -0.2) is 23.5 Å². The van der Waals surface area contributed by atoms with Gasteiger partial charge in [0.25, 0.3) is 0 Å². The molecule has 34 heavy (non-hydrogen) atoms. The van der Waals surface area contributed by atoms with Crippen LogP contribution in [0.15, 0.2) is 0 Å². The highest BCUT2D eigenvalue weighted by Crippen LogP contribution is 2.52. The van der Waals surface area contributed by atoms with E-state index in [4.69, 9.17) is 0 Å². The van der Waals surface area contributed by atoms with Gasteiger partial charge in [0.15, 0.2) is 0 Å². The van der Waals surface area contributed by atoms with Gasteiger partial charge >= 0.3 is 0 Å². The topological polar surface area (TPSA) is 3.24 Å². The van der Waals surface area contributed by atoms with Crippen LogP contribution in [0.2, 0.25) is 0 Å². The van der Waals surface area contributed by atoms with Gasteiger partial charge in [-0.25, -0.2) is 0 Å². The van der Waals surface area contributed by atoms with E-state index in [9.17, 15) is 0 Å². The van der Waals surface area contributed by atoms with Gasteiger partial charge in [0.2, 0.25) is 0 Å². The number of rotatable bonds is 7. The fraction of sp³-hybridized carbons (Fsp3) is 1.00. The molecule has 1 heteroatoms. The molecule has 1 heterocycles. The maximum absolute atomic E-state index is 3.18. The minimum Gasteiger partial charge on any atom is -0.297 e. The molecule has 1 nitrogen and oxygen atoms in total. The second-order valence-electron chi connectivity index (χ2n) is 15.0. The zero-order valence-electron chi connectivity index (χ0n) is 23.7. The van der Waals surface area contributed by atoms with Crippen molar-refractivity contribution in [3.05, 3.63) is 0 Å². The molecule has 0 bridgehead atoms. The highest BCUT2D eigenvalue weighted by Gasteiger charge is 2.51. The maximum atomic E-state index is 3.18. The summed E-state index contributed by atoms with van der Waals surface area (Å²) in [5.74, 6) is 8.17. The maximum Gasteiger partial charge on any atom is 0.0130 e. The molecular weight excluding hydrogens is 410 g/mol. The zero-order valence-corrected chi connectivity index (χ0v) is 23.7. The Morgan fingerprint density at radius 2 is 1.21 bits per heavy atom. The fourth-order valence-corrected chi connectivity index (χ4v) is 10.6. The van der Waals surface area contributed by atoms with Crippen molar-refractivity contribution in [1.29, 1.82) is 0 Å². The molecule has 0 aromatic rings.